The van der Waals surface area contributed by atoms with Gasteiger partial charge < -0.3 is 0 Å². The topological polar surface area (TPSA) is 0 Å². The highest BCUT2D eigenvalue weighted by Gasteiger charge is 1.56. The summed E-state index contributed by atoms with van der Waals surface area (Å²) < 4.78 is 13.2. The molecule has 0 radical (unpaired) electrons. The molecule has 0 spiro atoms. The summed E-state index contributed by atoms with van der Waals surface area (Å²) in [5, 5.41) is 0. The van der Waals surface area contributed by atoms with Gasteiger partial charge in [-0.3, -0.25) is 0 Å². The molecule has 0 saturated heterocycles. The number of rotatable bonds is 1. The molecule has 0 fully saturated rings. The second-order valence-corrected chi connectivity index (χ2v) is 0.707. The predicted molar refractivity (Wildman–Crippen MR) is 20.6 cm³/mol. The maximum absolute atomic E-state index is 6.62. The standard InChI is InChI=1S/C4H10/c1-3-4-2/h3-4H2,1-2H3/i1D,2D. The highest BCUT2D eigenvalue weighted by Crippen LogP contribution is 1.76. The third-order valence-corrected chi connectivity index (χ3v) is 0.250. The van der Waals surface area contributed by atoms with E-state index >= 15 is 0 Å². The molecule has 0 saturated carbocycles. The van der Waals surface area contributed by atoms with Crippen LogP contribution in [0.4, 0.5) is 0 Å². The normalized spacial score (nSPS) is 14.0. The first-order chi connectivity index (χ1) is 2.91. The lowest BCUT2D eigenvalue weighted by atomic mass is 10.4. The van der Waals surface area contributed by atoms with Gasteiger partial charge >= 0.3 is 0 Å². The molecule has 0 heterocycles. The van der Waals surface area contributed by atoms with Crippen LogP contribution in [0.25, 0.3) is 0 Å². The van der Waals surface area contributed by atoms with Crippen LogP contribution in [0.15, 0.2) is 0 Å². The third kappa shape index (κ3) is 2.00. The lowest BCUT2D eigenvalue weighted by Gasteiger charge is -1.68. The highest BCUT2D eigenvalue weighted by molar-refractivity contribution is 4.12. The summed E-state index contributed by atoms with van der Waals surface area (Å²) in [4.78, 5) is 0. The van der Waals surface area contributed by atoms with Crippen molar-refractivity contribution in [1.29, 1.82) is 0 Å². The molecule has 0 aromatic rings. The molecule has 4 heavy (non-hydrogen) atoms. The van der Waals surface area contributed by atoms with Crippen LogP contribution < -0.4 is 0 Å². The monoisotopic (exact) mass is 60.1 g/mol. The smallest absolute Gasteiger partial charge is 0.0230 e. The first-order valence-electron chi connectivity index (χ1n) is 2.91. The molecule has 0 aliphatic carbocycles. The Morgan fingerprint density at radius 2 is 2.00 bits per heavy atom. The zero-order valence-electron chi connectivity index (χ0n) is 4.83. The van der Waals surface area contributed by atoms with Gasteiger partial charge in [-0.15, -0.1) is 0 Å². The molecule has 0 aromatic carbocycles. The molecule has 0 aliphatic heterocycles. The Balaban J connectivity index is 2.34. The Labute approximate surface area is 30.6 Å². The summed E-state index contributed by atoms with van der Waals surface area (Å²) in [5.74, 6) is 0. The van der Waals surface area contributed by atoms with E-state index in [2.05, 4.69) is 0 Å². The minimum atomic E-state index is 0.485. The van der Waals surface area contributed by atoms with Crippen molar-refractivity contribution in [3.8, 4) is 0 Å². The Morgan fingerprint density at radius 1 is 1.50 bits per heavy atom. The average molecular weight is 60.1 g/mol. The molecule has 0 unspecified atom stereocenters. The zero-order chi connectivity index (χ0) is 4.83. The second kappa shape index (κ2) is 3.00. The molecule has 0 rings (SSSR count). The summed E-state index contributed by atoms with van der Waals surface area (Å²) in [7, 11) is 0. The van der Waals surface area contributed by atoms with Crippen LogP contribution in [0.3, 0.4) is 0 Å². The van der Waals surface area contributed by atoms with Gasteiger partial charge in [0, 0.05) is 2.74 Å². The minimum absolute atomic E-state index is 0.485. The van der Waals surface area contributed by atoms with E-state index in [4.69, 9.17) is 2.74 Å². The number of unbranched alkanes of at least 4 members (excludes halogenated alkanes) is 1. The van der Waals surface area contributed by atoms with Gasteiger partial charge in [0.1, 0.15) is 0 Å². The van der Waals surface area contributed by atoms with Crippen LogP contribution in [0, 0.1) is 0 Å². The van der Waals surface area contributed by atoms with Crippen LogP contribution in [-0.4, -0.2) is 0 Å². The molecule has 0 atom stereocenters. The Hall–Kier alpha value is 0. The molecule has 0 heteroatoms. The van der Waals surface area contributed by atoms with Crippen molar-refractivity contribution in [1.82, 2.24) is 0 Å². The van der Waals surface area contributed by atoms with Crippen molar-refractivity contribution >= 4 is 0 Å². The van der Waals surface area contributed by atoms with Gasteiger partial charge in [0.05, 0.1) is 0 Å². The van der Waals surface area contributed by atoms with Crippen molar-refractivity contribution < 1.29 is 2.74 Å². The van der Waals surface area contributed by atoms with E-state index in [9.17, 15) is 0 Å². The molecule has 0 nitrogen and oxygen atoms in total. The molecule has 0 N–H and O–H groups in total. The Kier molecular flexibility index (Phi) is 1.08. The summed E-state index contributed by atoms with van der Waals surface area (Å²) in [5.41, 5.74) is 0. The fourth-order valence-electron chi connectivity index (χ4n) is 0. The molecule has 0 bridgehead atoms. The quantitative estimate of drug-likeness (QED) is 0.405. The fraction of sp³-hybridized carbons (Fsp3) is 1.00. The Bertz CT molecular complexity index is 17.5. The predicted octanol–water partition coefficient (Wildman–Crippen LogP) is 1.81. The number of hydrogen-bond acceptors (Lipinski definition) is 0. The van der Waals surface area contributed by atoms with Crippen molar-refractivity contribution in [2.45, 2.75) is 26.6 Å². The Morgan fingerprint density at radius 3 is 2.25 bits per heavy atom. The molecule has 0 aromatic heterocycles. The van der Waals surface area contributed by atoms with E-state index in [-0.39, 0.29) is 0 Å². The molecule has 0 amide bonds. The van der Waals surface area contributed by atoms with E-state index in [1.165, 1.54) is 0 Å². The first kappa shape index (κ1) is 1.44. The minimum Gasteiger partial charge on any atom is -0.0654 e. The van der Waals surface area contributed by atoms with E-state index in [1.807, 2.05) is 0 Å². The molecular formula is C4H10. The van der Waals surface area contributed by atoms with E-state index < -0.39 is 0 Å². The van der Waals surface area contributed by atoms with Gasteiger partial charge in [-0.05, 0) is 0 Å². The largest absolute Gasteiger partial charge is 0.0654 e. The van der Waals surface area contributed by atoms with Crippen molar-refractivity contribution in [2.24, 2.45) is 0 Å². The zero-order valence-corrected chi connectivity index (χ0v) is 2.83. The van der Waals surface area contributed by atoms with Gasteiger partial charge in [-0.25, -0.2) is 0 Å². The van der Waals surface area contributed by atoms with E-state index in [0.717, 1.165) is 12.8 Å². The van der Waals surface area contributed by atoms with Crippen LogP contribution in [0.5, 0.6) is 0 Å². The van der Waals surface area contributed by atoms with Gasteiger partial charge in [0.25, 0.3) is 0 Å². The first-order valence-corrected chi connectivity index (χ1v) is 1.50. The number of hydrogen-bond donors (Lipinski definition) is 0. The maximum Gasteiger partial charge on any atom is 0.0230 e. The van der Waals surface area contributed by atoms with Crippen molar-refractivity contribution in [3.63, 3.8) is 0 Å². The second-order valence-electron chi connectivity index (χ2n) is 0.707. The van der Waals surface area contributed by atoms with Gasteiger partial charge in [0.2, 0.25) is 0 Å². The molecule has 26 valence electrons. The van der Waals surface area contributed by atoms with Crippen LogP contribution >= 0.6 is 0 Å². The molecule has 0 aliphatic rings. The lowest BCUT2D eigenvalue weighted by molar-refractivity contribution is 0.886. The van der Waals surface area contributed by atoms with Crippen molar-refractivity contribution in [3.05, 3.63) is 0 Å². The van der Waals surface area contributed by atoms with Crippen LogP contribution in [0.1, 0.15) is 29.4 Å². The van der Waals surface area contributed by atoms with E-state index in [1.54, 1.807) is 0 Å². The third-order valence-electron chi connectivity index (χ3n) is 0.250. The van der Waals surface area contributed by atoms with Gasteiger partial charge in [-0.1, -0.05) is 26.6 Å². The van der Waals surface area contributed by atoms with Crippen LogP contribution in [-0.2, 0) is 0 Å². The van der Waals surface area contributed by atoms with Crippen LogP contribution in [0.2, 0.25) is 0 Å². The summed E-state index contributed by atoms with van der Waals surface area (Å²) in [6, 6.07) is 0. The maximum atomic E-state index is 6.62. The molecular weight excluding hydrogens is 48.0 g/mol. The average Bonchev–Trinajstić information content (AvgIpc) is 1.61. The van der Waals surface area contributed by atoms with Gasteiger partial charge in [-0.2, -0.15) is 0 Å². The SMILES string of the molecule is [2H]CCCC[2H]. The summed E-state index contributed by atoms with van der Waals surface area (Å²) in [6.07, 6.45) is 1.78. The summed E-state index contributed by atoms with van der Waals surface area (Å²) >= 11 is 0. The lowest BCUT2D eigenvalue weighted by Crippen LogP contribution is -1.47. The van der Waals surface area contributed by atoms with E-state index in [0.29, 0.717) is 13.8 Å². The summed E-state index contributed by atoms with van der Waals surface area (Å²) in [6.45, 7) is 0.970. The fourth-order valence-corrected chi connectivity index (χ4v) is 0. The van der Waals surface area contributed by atoms with Crippen molar-refractivity contribution in [2.75, 3.05) is 0 Å². The highest BCUT2D eigenvalue weighted by atomic mass is 13.6. The van der Waals surface area contributed by atoms with Gasteiger partial charge in [0.15, 0.2) is 0 Å².